The summed E-state index contributed by atoms with van der Waals surface area (Å²) in [5.74, 6) is 0.943. The van der Waals surface area contributed by atoms with E-state index in [4.69, 9.17) is 9.47 Å². The van der Waals surface area contributed by atoms with E-state index in [0.29, 0.717) is 22.9 Å². The Morgan fingerprint density at radius 2 is 2.17 bits per heavy atom. The Balaban J connectivity index is 1.68. The second-order valence-electron chi connectivity index (χ2n) is 5.12. The van der Waals surface area contributed by atoms with Gasteiger partial charge in [-0.1, -0.05) is 12.1 Å². The van der Waals surface area contributed by atoms with Crippen molar-refractivity contribution in [2.75, 3.05) is 24.4 Å². The number of hydrogen-bond donors (Lipinski definition) is 2. The number of benzene rings is 2. The molecule has 2 N–H and O–H groups in total. The largest absolute Gasteiger partial charge is 0.497 e. The van der Waals surface area contributed by atoms with Gasteiger partial charge in [0.25, 0.3) is 5.91 Å². The van der Waals surface area contributed by atoms with Crippen LogP contribution in [0.15, 0.2) is 42.5 Å². The molecule has 23 heavy (non-hydrogen) atoms. The molecule has 2 amide bonds. The Hall–Kier alpha value is -3.02. The monoisotopic (exact) mass is 312 g/mol. The Morgan fingerprint density at radius 3 is 3.00 bits per heavy atom. The van der Waals surface area contributed by atoms with Crippen molar-refractivity contribution in [1.29, 1.82) is 0 Å². The summed E-state index contributed by atoms with van der Waals surface area (Å²) >= 11 is 0. The van der Waals surface area contributed by atoms with E-state index < -0.39 is 0 Å². The van der Waals surface area contributed by atoms with Crippen LogP contribution >= 0.6 is 0 Å². The van der Waals surface area contributed by atoms with Crippen molar-refractivity contribution < 1.29 is 19.1 Å². The van der Waals surface area contributed by atoms with E-state index in [-0.39, 0.29) is 24.8 Å². The molecule has 0 aromatic heterocycles. The molecule has 1 aliphatic rings. The first kappa shape index (κ1) is 14.9. The van der Waals surface area contributed by atoms with Gasteiger partial charge in [0.2, 0.25) is 5.91 Å². The van der Waals surface area contributed by atoms with Gasteiger partial charge in [0.05, 0.1) is 19.2 Å². The molecular formula is C17H16N2O4. The van der Waals surface area contributed by atoms with Crippen LogP contribution in [0.1, 0.15) is 5.56 Å². The van der Waals surface area contributed by atoms with Crippen LogP contribution in [0.2, 0.25) is 0 Å². The van der Waals surface area contributed by atoms with Gasteiger partial charge in [-0.05, 0) is 35.9 Å². The lowest BCUT2D eigenvalue weighted by molar-refractivity contribution is -0.118. The van der Waals surface area contributed by atoms with Crippen molar-refractivity contribution in [3.8, 4) is 11.5 Å². The summed E-state index contributed by atoms with van der Waals surface area (Å²) in [6, 6.07) is 12.5. The van der Waals surface area contributed by atoms with Crippen molar-refractivity contribution in [2.24, 2.45) is 0 Å². The molecule has 6 nitrogen and oxygen atoms in total. The predicted octanol–water partition coefficient (Wildman–Crippen LogP) is 2.21. The van der Waals surface area contributed by atoms with Crippen LogP contribution in [0.25, 0.3) is 0 Å². The fourth-order valence-electron chi connectivity index (χ4n) is 2.33. The minimum Gasteiger partial charge on any atom is -0.497 e. The average molecular weight is 312 g/mol. The fraction of sp³-hybridized carbons (Fsp3) is 0.176. The van der Waals surface area contributed by atoms with Gasteiger partial charge in [-0.25, -0.2) is 0 Å². The predicted molar refractivity (Wildman–Crippen MR) is 85.9 cm³/mol. The highest BCUT2D eigenvalue weighted by Crippen LogP contribution is 2.30. The summed E-state index contributed by atoms with van der Waals surface area (Å²) in [7, 11) is 1.59. The number of hydrogen-bond acceptors (Lipinski definition) is 4. The molecule has 3 rings (SSSR count). The molecule has 0 bridgehead atoms. The van der Waals surface area contributed by atoms with E-state index in [1.165, 1.54) is 0 Å². The van der Waals surface area contributed by atoms with Gasteiger partial charge in [0.15, 0.2) is 6.61 Å². The molecule has 118 valence electrons. The minimum atomic E-state index is -0.211. The molecule has 1 heterocycles. The minimum absolute atomic E-state index is 0.00848. The zero-order chi connectivity index (χ0) is 16.2. The van der Waals surface area contributed by atoms with Crippen LogP contribution in [0.3, 0.4) is 0 Å². The van der Waals surface area contributed by atoms with Gasteiger partial charge in [-0.3, -0.25) is 9.59 Å². The van der Waals surface area contributed by atoms with Crippen LogP contribution in [0, 0.1) is 0 Å². The highest BCUT2D eigenvalue weighted by atomic mass is 16.5. The second kappa shape index (κ2) is 6.39. The van der Waals surface area contributed by atoms with Crippen LogP contribution < -0.4 is 20.1 Å². The third kappa shape index (κ3) is 3.60. The second-order valence-corrected chi connectivity index (χ2v) is 5.12. The van der Waals surface area contributed by atoms with Crippen molar-refractivity contribution in [2.45, 2.75) is 6.42 Å². The normalized spacial score (nSPS) is 12.7. The van der Waals surface area contributed by atoms with E-state index in [1.807, 2.05) is 24.3 Å². The maximum atomic E-state index is 12.1. The van der Waals surface area contributed by atoms with Gasteiger partial charge in [0, 0.05) is 5.69 Å². The number of carbonyl (C=O) groups is 2. The Bertz CT molecular complexity index is 758. The molecule has 0 saturated carbocycles. The molecule has 2 aromatic rings. The lowest BCUT2D eigenvalue weighted by atomic mass is 10.1. The third-order valence-electron chi connectivity index (χ3n) is 3.40. The van der Waals surface area contributed by atoms with Crippen LogP contribution in [0.5, 0.6) is 11.5 Å². The quantitative estimate of drug-likeness (QED) is 0.907. The van der Waals surface area contributed by atoms with Crippen molar-refractivity contribution in [3.05, 3.63) is 48.0 Å². The molecule has 0 atom stereocenters. The fourth-order valence-corrected chi connectivity index (χ4v) is 2.33. The van der Waals surface area contributed by atoms with E-state index in [2.05, 4.69) is 10.6 Å². The third-order valence-corrected chi connectivity index (χ3v) is 3.40. The lowest BCUT2D eigenvalue weighted by Crippen LogP contribution is -2.25. The van der Waals surface area contributed by atoms with Crippen LogP contribution in [-0.2, 0) is 16.0 Å². The standard InChI is InChI=1S/C17H16N2O4/c1-22-13-4-2-3-11(7-13)8-16(20)18-12-5-6-15-14(9-12)19-17(21)10-23-15/h2-7,9H,8,10H2,1H3,(H,18,20)(H,19,21). The number of fused-ring (bicyclic) bond motifs is 1. The molecule has 0 aliphatic carbocycles. The molecule has 0 fully saturated rings. The first-order chi connectivity index (χ1) is 11.1. The molecule has 0 saturated heterocycles. The van der Waals surface area contributed by atoms with Gasteiger partial charge < -0.3 is 20.1 Å². The van der Waals surface area contributed by atoms with Crippen molar-refractivity contribution in [1.82, 2.24) is 0 Å². The Labute approximate surface area is 133 Å². The van der Waals surface area contributed by atoms with Crippen molar-refractivity contribution >= 4 is 23.2 Å². The summed E-state index contributed by atoms with van der Waals surface area (Å²) in [6.45, 7) is 0.00848. The smallest absolute Gasteiger partial charge is 0.262 e. The number of nitrogens with one attached hydrogen (secondary N) is 2. The molecular weight excluding hydrogens is 296 g/mol. The topological polar surface area (TPSA) is 76.7 Å². The average Bonchev–Trinajstić information content (AvgIpc) is 2.54. The zero-order valence-corrected chi connectivity index (χ0v) is 12.6. The number of ether oxygens (including phenoxy) is 2. The number of carbonyl (C=O) groups excluding carboxylic acids is 2. The lowest BCUT2D eigenvalue weighted by Gasteiger charge is -2.18. The molecule has 0 radical (unpaired) electrons. The SMILES string of the molecule is COc1cccc(CC(=O)Nc2ccc3c(c2)NC(=O)CO3)c1. The van der Waals surface area contributed by atoms with Crippen LogP contribution in [-0.4, -0.2) is 25.5 Å². The zero-order valence-electron chi connectivity index (χ0n) is 12.6. The van der Waals surface area contributed by atoms with Crippen molar-refractivity contribution in [3.63, 3.8) is 0 Å². The summed E-state index contributed by atoms with van der Waals surface area (Å²) in [5, 5.41) is 5.51. The highest BCUT2D eigenvalue weighted by molar-refractivity contribution is 5.98. The summed E-state index contributed by atoms with van der Waals surface area (Å²) in [4.78, 5) is 23.5. The van der Waals surface area contributed by atoms with Gasteiger partial charge in [-0.2, -0.15) is 0 Å². The molecule has 6 heteroatoms. The summed E-state index contributed by atoms with van der Waals surface area (Å²) < 4.78 is 10.4. The van der Waals surface area contributed by atoms with E-state index in [9.17, 15) is 9.59 Å². The summed E-state index contributed by atoms with van der Waals surface area (Å²) in [6.07, 6.45) is 0.233. The van der Waals surface area contributed by atoms with E-state index >= 15 is 0 Å². The first-order valence-electron chi connectivity index (χ1n) is 7.13. The number of amides is 2. The highest BCUT2D eigenvalue weighted by Gasteiger charge is 2.16. The van der Waals surface area contributed by atoms with Gasteiger partial charge in [-0.15, -0.1) is 0 Å². The van der Waals surface area contributed by atoms with Gasteiger partial charge in [0.1, 0.15) is 11.5 Å². The van der Waals surface area contributed by atoms with E-state index in [1.54, 1.807) is 25.3 Å². The van der Waals surface area contributed by atoms with Crippen LogP contribution in [0.4, 0.5) is 11.4 Å². The number of methoxy groups -OCH3 is 1. The Kier molecular flexibility index (Phi) is 4.14. The molecule has 1 aliphatic heterocycles. The van der Waals surface area contributed by atoms with E-state index in [0.717, 1.165) is 5.56 Å². The number of anilines is 2. The molecule has 2 aromatic carbocycles. The molecule has 0 spiro atoms. The molecule has 0 unspecified atom stereocenters. The number of rotatable bonds is 4. The Morgan fingerprint density at radius 1 is 1.30 bits per heavy atom. The maximum absolute atomic E-state index is 12.1. The first-order valence-corrected chi connectivity index (χ1v) is 7.13. The maximum Gasteiger partial charge on any atom is 0.262 e. The summed E-state index contributed by atoms with van der Waals surface area (Å²) in [5.41, 5.74) is 2.01. The van der Waals surface area contributed by atoms with Gasteiger partial charge >= 0.3 is 0 Å².